The molecule has 1 fully saturated rings. The van der Waals surface area contributed by atoms with Crippen LogP contribution >= 0.6 is 0 Å². The number of likely N-dealkylation sites (N-methyl/N-ethyl adjacent to an activating group) is 1. The maximum Gasteiger partial charge on any atom is 0.152 e. The minimum absolute atomic E-state index is 0.648. The summed E-state index contributed by atoms with van der Waals surface area (Å²) in [7, 11) is 3.99. The van der Waals surface area contributed by atoms with Crippen molar-refractivity contribution in [2.45, 2.75) is 44.4 Å². The van der Waals surface area contributed by atoms with Crippen molar-refractivity contribution in [1.29, 1.82) is 0 Å². The summed E-state index contributed by atoms with van der Waals surface area (Å²) >= 11 is 0. The molecular formula is C12H22N4. The SMILES string of the molecule is CNCCc1nc(C2CCCCC2)n(C)n1. The molecule has 2 rings (SSSR count). The molecule has 4 nitrogen and oxygen atoms in total. The Labute approximate surface area is 97.5 Å². The summed E-state index contributed by atoms with van der Waals surface area (Å²) in [6.07, 6.45) is 7.60. The molecule has 4 heteroatoms. The van der Waals surface area contributed by atoms with Crippen molar-refractivity contribution < 1.29 is 0 Å². The average molecular weight is 222 g/mol. The summed E-state index contributed by atoms with van der Waals surface area (Å²) < 4.78 is 1.99. The van der Waals surface area contributed by atoms with Crippen molar-refractivity contribution in [2.24, 2.45) is 7.05 Å². The summed E-state index contributed by atoms with van der Waals surface area (Å²) in [6, 6.07) is 0. The van der Waals surface area contributed by atoms with Gasteiger partial charge in [-0.15, -0.1) is 0 Å². The van der Waals surface area contributed by atoms with E-state index in [1.54, 1.807) is 0 Å². The number of aromatic nitrogens is 3. The largest absolute Gasteiger partial charge is 0.319 e. The predicted octanol–water partition coefficient (Wildman–Crippen LogP) is 1.62. The Morgan fingerprint density at radius 3 is 2.75 bits per heavy atom. The van der Waals surface area contributed by atoms with Gasteiger partial charge in [0, 0.05) is 25.9 Å². The zero-order chi connectivity index (χ0) is 11.4. The highest BCUT2D eigenvalue weighted by atomic mass is 15.3. The fourth-order valence-electron chi connectivity index (χ4n) is 2.51. The van der Waals surface area contributed by atoms with Crippen LogP contribution in [0.15, 0.2) is 0 Å². The first-order valence-corrected chi connectivity index (χ1v) is 6.35. The van der Waals surface area contributed by atoms with E-state index < -0.39 is 0 Å². The number of hydrogen-bond donors (Lipinski definition) is 1. The van der Waals surface area contributed by atoms with Gasteiger partial charge in [0.1, 0.15) is 5.82 Å². The lowest BCUT2D eigenvalue weighted by Gasteiger charge is -2.20. The highest BCUT2D eigenvalue weighted by Crippen LogP contribution is 2.31. The van der Waals surface area contributed by atoms with Crippen LogP contribution in [0.4, 0.5) is 0 Å². The first-order chi connectivity index (χ1) is 7.81. The van der Waals surface area contributed by atoms with Crippen molar-refractivity contribution in [1.82, 2.24) is 20.1 Å². The first-order valence-electron chi connectivity index (χ1n) is 6.35. The maximum absolute atomic E-state index is 4.68. The second kappa shape index (κ2) is 5.43. The van der Waals surface area contributed by atoms with Gasteiger partial charge in [-0.1, -0.05) is 19.3 Å². The molecule has 1 aromatic heterocycles. The van der Waals surface area contributed by atoms with Crippen LogP contribution < -0.4 is 5.32 Å². The van der Waals surface area contributed by atoms with Crippen LogP contribution in [-0.2, 0) is 13.5 Å². The van der Waals surface area contributed by atoms with Gasteiger partial charge in [-0.05, 0) is 19.9 Å². The average Bonchev–Trinajstić information content (AvgIpc) is 2.69. The number of hydrogen-bond acceptors (Lipinski definition) is 3. The van der Waals surface area contributed by atoms with Gasteiger partial charge in [0.2, 0.25) is 0 Å². The molecule has 1 heterocycles. The Hall–Kier alpha value is -0.900. The third kappa shape index (κ3) is 2.61. The van der Waals surface area contributed by atoms with Crippen LogP contribution in [0.2, 0.25) is 0 Å². The Balaban J connectivity index is 2.04. The number of nitrogens with zero attached hydrogens (tertiary/aromatic N) is 3. The van der Waals surface area contributed by atoms with Crippen molar-refractivity contribution in [3.8, 4) is 0 Å². The minimum atomic E-state index is 0.648. The van der Waals surface area contributed by atoms with E-state index in [9.17, 15) is 0 Å². The van der Waals surface area contributed by atoms with E-state index in [4.69, 9.17) is 0 Å². The molecule has 0 atom stereocenters. The summed E-state index contributed by atoms with van der Waals surface area (Å²) in [5.74, 6) is 2.83. The highest BCUT2D eigenvalue weighted by Gasteiger charge is 2.20. The zero-order valence-electron chi connectivity index (χ0n) is 10.4. The molecule has 0 saturated heterocycles. The third-order valence-corrected chi connectivity index (χ3v) is 3.41. The molecule has 0 bridgehead atoms. The van der Waals surface area contributed by atoms with Crippen LogP contribution in [0.25, 0.3) is 0 Å². The Kier molecular flexibility index (Phi) is 3.93. The number of rotatable bonds is 4. The van der Waals surface area contributed by atoms with E-state index in [0.29, 0.717) is 5.92 Å². The van der Waals surface area contributed by atoms with Gasteiger partial charge in [-0.3, -0.25) is 4.68 Å². The predicted molar refractivity (Wildman–Crippen MR) is 64.5 cm³/mol. The molecule has 0 spiro atoms. The van der Waals surface area contributed by atoms with Gasteiger partial charge in [0.25, 0.3) is 0 Å². The Morgan fingerprint density at radius 2 is 2.06 bits per heavy atom. The molecule has 1 saturated carbocycles. The van der Waals surface area contributed by atoms with E-state index in [0.717, 1.165) is 18.8 Å². The third-order valence-electron chi connectivity index (χ3n) is 3.41. The van der Waals surface area contributed by atoms with Crippen molar-refractivity contribution >= 4 is 0 Å². The standard InChI is InChI=1S/C12H22N4/c1-13-9-8-11-14-12(16(2)15-11)10-6-4-3-5-7-10/h10,13H,3-9H2,1-2H3. The summed E-state index contributed by atoms with van der Waals surface area (Å²) in [5, 5.41) is 7.62. The van der Waals surface area contributed by atoms with Gasteiger partial charge < -0.3 is 5.32 Å². The van der Waals surface area contributed by atoms with Crippen molar-refractivity contribution in [3.05, 3.63) is 11.6 Å². The number of nitrogens with one attached hydrogen (secondary N) is 1. The zero-order valence-corrected chi connectivity index (χ0v) is 10.4. The smallest absolute Gasteiger partial charge is 0.152 e. The highest BCUT2D eigenvalue weighted by molar-refractivity contribution is 5.01. The molecule has 1 N–H and O–H groups in total. The van der Waals surface area contributed by atoms with Gasteiger partial charge in [0.05, 0.1) is 0 Å². The molecular weight excluding hydrogens is 200 g/mol. The summed E-state index contributed by atoms with van der Waals surface area (Å²) in [4.78, 5) is 4.68. The van der Waals surface area contributed by atoms with Gasteiger partial charge in [-0.2, -0.15) is 5.10 Å². The molecule has 0 amide bonds. The maximum atomic E-state index is 4.68. The molecule has 0 unspecified atom stereocenters. The lowest BCUT2D eigenvalue weighted by molar-refractivity contribution is 0.417. The summed E-state index contributed by atoms with van der Waals surface area (Å²) in [6.45, 7) is 0.952. The second-order valence-electron chi connectivity index (χ2n) is 4.70. The van der Waals surface area contributed by atoms with Gasteiger partial charge >= 0.3 is 0 Å². The van der Waals surface area contributed by atoms with Crippen LogP contribution in [0.5, 0.6) is 0 Å². The van der Waals surface area contributed by atoms with E-state index in [-0.39, 0.29) is 0 Å². The van der Waals surface area contributed by atoms with Gasteiger partial charge in [0.15, 0.2) is 5.82 Å². The molecule has 90 valence electrons. The molecule has 0 aliphatic heterocycles. The second-order valence-corrected chi connectivity index (χ2v) is 4.70. The Morgan fingerprint density at radius 1 is 1.31 bits per heavy atom. The Bertz CT molecular complexity index is 326. The molecule has 1 aliphatic rings. The van der Waals surface area contributed by atoms with E-state index >= 15 is 0 Å². The van der Waals surface area contributed by atoms with E-state index in [2.05, 4.69) is 15.4 Å². The first kappa shape index (κ1) is 11.6. The molecule has 0 radical (unpaired) electrons. The van der Waals surface area contributed by atoms with Crippen LogP contribution in [0.1, 0.15) is 49.7 Å². The minimum Gasteiger partial charge on any atom is -0.319 e. The topological polar surface area (TPSA) is 42.7 Å². The van der Waals surface area contributed by atoms with E-state index in [1.807, 2.05) is 18.8 Å². The molecule has 1 aliphatic carbocycles. The van der Waals surface area contributed by atoms with Gasteiger partial charge in [-0.25, -0.2) is 4.98 Å². The monoisotopic (exact) mass is 222 g/mol. The van der Waals surface area contributed by atoms with Crippen LogP contribution in [0.3, 0.4) is 0 Å². The van der Waals surface area contributed by atoms with Crippen molar-refractivity contribution in [3.63, 3.8) is 0 Å². The molecule has 1 aromatic rings. The fraction of sp³-hybridized carbons (Fsp3) is 0.833. The molecule has 0 aromatic carbocycles. The lowest BCUT2D eigenvalue weighted by Crippen LogP contribution is -2.11. The fourth-order valence-corrected chi connectivity index (χ4v) is 2.51. The van der Waals surface area contributed by atoms with E-state index in [1.165, 1.54) is 37.9 Å². The van der Waals surface area contributed by atoms with Crippen LogP contribution in [-0.4, -0.2) is 28.4 Å². The quantitative estimate of drug-likeness (QED) is 0.842. The number of aryl methyl sites for hydroxylation is 1. The van der Waals surface area contributed by atoms with Crippen LogP contribution in [0, 0.1) is 0 Å². The summed E-state index contributed by atoms with van der Waals surface area (Å²) in [5.41, 5.74) is 0. The molecule has 16 heavy (non-hydrogen) atoms. The van der Waals surface area contributed by atoms with Crippen molar-refractivity contribution in [2.75, 3.05) is 13.6 Å². The lowest BCUT2D eigenvalue weighted by atomic mass is 9.89. The normalized spacial score (nSPS) is 17.9.